The first kappa shape index (κ1) is 14.7. The van der Waals surface area contributed by atoms with E-state index in [-0.39, 0.29) is 17.4 Å². The van der Waals surface area contributed by atoms with Crippen molar-refractivity contribution in [3.05, 3.63) is 45.8 Å². The van der Waals surface area contributed by atoms with Crippen LogP contribution < -0.4 is 10.1 Å². The molecule has 0 saturated carbocycles. The maximum absolute atomic E-state index is 11.3. The first-order chi connectivity index (χ1) is 10.0. The summed E-state index contributed by atoms with van der Waals surface area (Å²) < 4.78 is 5.19. The molecule has 1 heterocycles. The summed E-state index contributed by atoms with van der Waals surface area (Å²) in [6.45, 7) is 5.94. The third-order valence-electron chi connectivity index (χ3n) is 2.89. The first-order valence-corrected chi connectivity index (χ1v) is 6.49. The molecule has 0 bridgehead atoms. The Balaban J connectivity index is 2.43. The van der Waals surface area contributed by atoms with Gasteiger partial charge in [-0.15, -0.1) is 0 Å². The molecule has 21 heavy (non-hydrogen) atoms. The van der Waals surface area contributed by atoms with Crippen LogP contribution in [0.1, 0.15) is 18.1 Å². The fourth-order valence-electron chi connectivity index (χ4n) is 1.94. The first-order valence-electron chi connectivity index (χ1n) is 6.49. The number of aromatic nitrogens is 2. The van der Waals surface area contributed by atoms with Crippen LogP contribution in [-0.4, -0.2) is 21.5 Å². The minimum absolute atomic E-state index is 0.0373. The number of hydrogen-bond acceptors (Lipinski definition) is 6. The molecule has 7 nitrogen and oxygen atoms in total. The molecule has 1 aromatic carbocycles. The second-order valence-electron chi connectivity index (χ2n) is 4.51. The molecular formula is C14H16N4O3. The monoisotopic (exact) mass is 288 g/mol. The highest BCUT2D eigenvalue weighted by atomic mass is 16.6. The Bertz CT molecular complexity index is 673. The molecule has 1 N–H and O–H groups in total. The Kier molecular flexibility index (Phi) is 4.32. The quantitative estimate of drug-likeness (QED) is 0.671. The molecule has 0 radical (unpaired) electrons. The van der Waals surface area contributed by atoms with Crippen LogP contribution in [0.3, 0.4) is 0 Å². The van der Waals surface area contributed by atoms with E-state index in [1.807, 2.05) is 32.0 Å². The van der Waals surface area contributed by atoms with Crippen molar-refractivity contribution in [3.8, 4) is 5.88 Å². The van der Waals surface area contributed by atoms with E-state index < -0.39 is 4.92 Å². The molecule has 2 rings (SSSR count). The molecular weight excluding hydrogens is 272 g/mol. The summed E-state index contributed by atoms with van der Waals surface area (Å²) in [5, 5.41) is 14.2. The maximum Gasteiger partial charge on any atom is 0.373 e. The number of hydrogen-bond donors (Lipinski definition) is 1. The molecule has 0 spiro atoms. The zero-order valence-electron chi connectivity index (χ0n) is 12.1. The lowest BCUT2D eigenvalue weighted by Gasteiger charge is -2.11. The van der Waals surface area contributed by atoms with Crippen molar-refractivity contribution in [2.24, 2.45) is 0 Å². The van der Waals surface area contributed by atoms with E-state index in [9.17, 15) is 10.1 Å². The molecule has 0 aliphatic carbocycles. The third kappa shape index (κ3) is 3.25. The molecule has 2 aromatic rings. The van der Waals surface area contributed by atoms with E-state index in [1.54, 1.807) is 6.92 Å². The van der Waals surface area contributed by atoms with Gasteiger partial charge < -0.3 is 10.1 Å². The smallest absolute Gasteiger partial charge is 0.373 e. The normalized spacial score (nSPS) is 10.2. The van der Waals surface area contributed by atoms with Crippen LogP contribution in [0.25, 0.3) is 0 Å². The van der Waals surface area contributed by atoms with Gasteiger partial charge in [0.05, 0.1) is 11.5 Å². The van der Waals surface area contributed by atoms with E-state index in [4.69, 9.17) is 4.74 Å². The number of rotatable bonds is 5. The molecule has 7 heteroatoms. The Morgan fingerprint density at radius 3 is 2.71 bits per heavy atom. The largest absolute Gasteiger partial charge is 0.473 e. The van der Waals surface area contributed by atoms with Crippen LogP contribution in [0.2, 0.25) is 0 Å². The molecule has 0 aliphatic rings. The van der Waals surface area contributed by atoms with Gasteiger partial charge in [-0.3, -0.25) is 10.1 Å². The Hall–Kier alpha value is -2.70. The minimum Gasteiger partial charge on any atom is -0.473 e. The van der Waals surface area contributed by atoms with Crippen molar-refractivity contribution in [1.29, 1.82) is 0 Å². The van der Waals surface area contributed by atoms with Gasteiger partial charge in [-0.05, 0) is 32.4 Å². The van der Waals surface area contributed by atoms with E-state index in [2.05, 4.69) is 15.3 Å². The number of anilines is 2. The van der Waals surface area contributed by atoms with Gasteiger partial charge in [0, 0.05) is 5.69 Å². The van der Waals surface area contributed by atoms with E-state index in [1.165, 1.54) is 6.33 Å². The van der Waals surface area contributed by atoms with Crippen molar-refractivity contribution in [1.82, 2.24) is 9.97 Å². The maximum atomic E-state index is 11.3. The zero-order chi connectivity index (χ0) is 15.4. The van der Waals surface area contributed by atoms with Crippen LogP contribution in [0, 0.1) is 24.0 Å². The predicted molar refractivity (Wildman–Crippen MR) is 79.1 cm³/mol. The summed E-state index contributed by atoms with van der Waals surface area (Å²) in [5.41, 5.74) is 2.58. The van der Waals surface area contributed by atoms with Crippen molar-refractivity contribution in [2.75, 3.05) is 11.9 Å². The molecule has 0 atom stereocenters. The van der Waals surface area contributed by atoms with Crippen molar-refractivity contribution < 1.29 is 9.66 Å². The fraction of sp³-hybridized carbons (Fsp3) is 0.286. The predicted octanol–water partition coefficient (Wildman–Crippen LogP) is 3.14. The van der Waals surface area contributed by atoms with Crippen molar-refractivity contribution in [3.63, 3.8) is 0 Å². The van der Waals surface area contributed by atoms with Crippen LogP contribution in [0.5, 0.6) is 5.88 Å². The number of nitrogens with one attached hydrogen (secondary N) is 1. The van der Waals surface area contributed by atoms with Crippen LogP contribution in [0.4, 0.5) is 17.2 Å². The highest BCUT2D eigenvalue weighted by molar-refractivity contribution is 5.70. The van der Waals surface area contributed by atoms with E-state index >= 15 is 0 Å². The molecule has 1 aromatic heterocycles. The lowest BCUT2D eigenvalue weighted by Crippen LogP contribution is -2.05. The summed E-state index contributed by atoms with van der Waals surface area (Å²) >= 11 is 0. The van der Waals surface area contributed by atoms with E-state index in [0.717, 1.165) is 16.8 Å². The van der Waals surface area contributed by atoms with Gasteiger partial charge in [-0.1, -0.05) is 17.7 Å². The molecule has 0 fully saturated rings. The summed E-state index contributed by atoms with van der Waals surface area (Å²) in [4.78, 5) is 18.5. The van der Waals surface area contributed by atoms with Gasteiger partial charge in [-0.25, -0.2) is 4.98 Å². The number of nitrogens with zero attached hydrogens (tertiary/aromatic N) is 3. The molecule has 0 saturated heterocycles. The average molecular weight is 288 g/mol. The van der Waals surface area contributed by atoms with Crippen molar-refractivity contribution in [2.45, 2.75) is 20.8 Å². The topological polar surface area (TPSA) is 90.2 Å². The number of benzene rings is 1. The number of nitro groups is 1. The van der Waals surface area contributed by atoms with Gasteiger partial charge in [0.25, 0.3) is 5.88 Å². The summed E-state index contributed by atoms with van der Waals surface area (Å²) in [6, 6.07) is 5.77. The van der Waals surface area contributed by atoms with Gasteiger partial charge >= 0.3 is 5.69 Å². The Morgan fingerprint density at radius 1 is 1.33 bits per heavy atom. The average Bonchev–Trinajstić information content (AvgIpc) is 2.42. The lowest BCUT2D eigenvalue weighted by atomic mass is 10.1. The van der Waals surface area contributed by atoms with Crippen molar-refractivity contribution >= 4 is 17.2 Å². The zero-order valence-corrected chi connectivity index (χ0v) is 12.1. The van der Waals surface area contributed by atoms with Gasteiger partial charge in [0.2, 0.25) is 5.82 Å². The third-order valence-corrected chi connectivity index (χ3v) is 2.89. The van der Waals surface area contributed by atoms with Gasteiger partial charge in [0.1, 0.15) is 6.33 Å². The highest BCUT2D eigenvalue weighted by Crippen LogP contribution is 2.33. The summed E-state index contributed by atoms with van der Waals surface area (Å²) in [6.07, 6.45) is 1.24. The van der Waals surface area contributed by atoms with E-state index in [0.29, 0.717) is 6.61 Å². The molecule has 0 unspecified atom stereocenters. The standard InChI is InChI=1S/C14H16N4O3/c1-4-21-14-12(18(19)20)13(15-8-16-14)17-11-6-5-9(2)7-10(11)3/h5-8H,4H2,1-3H3,(H,15,16,17). The second kappa shape index (κ2) is 6.17. The van der Waals surface area contributed by atoms with Crippen LogP contribution in [-0.2, 0) is 0 Å². The molecule has 0 amide bonds. The number of ether oxygens (including phenoxy) is 1. The minimum atomic E-state index is -0.545. The molecule has 0 aliphatic heterocycles. The lowest BCUT2D eigenvalue weighted by molar-refractivity contribution is -0.385. The Labute approximate surface area is 122 Å². The SMILES string of the molecule is CCOc1ncnc(Nc2ccc(C)cc2C)c1[N+](=O)[O-]. The fourth-order valence-corrected chi connectivity index (χ4v) is 1.94. The number of aryl methyl sites for hydroxylation is 2. The van der Waals surface area contributed by atoms with Crippen LogP contribution >= 0.6 is 0 Å². The molecule has 110 valence electrons. The second-order valence-corrected chi connectivity index (χ2v) is 4.51. The Morgan fingerprint density at radius 2 is 2.10 bits per heavy atom. The van der Waals surface area contributed by atoms with Crippen LogP contribution in [0.15, 0.2) is 24.5 Å². The van der Waals surface area contributed by atoms with Gasteiger partial charge in [-0.2, -0.15) is 4.98 Å². The van der Waals surface area contributed by atoms with Gasteiger partial charge in [0.15, 0.2) is 0 Å². The summed E-state index contributed by atoms with van der Waals surface area (Å²) in [7, 11) is 0. The summed E-state index contributed by atoms with van der Waals surface area (Å²) in [5.74, 6) is 0.0789. The highest BCUT2D eigenvalue weighted by Gasteiger charge is 2.24.